The molecule has 6 bridgehead atoms. The van der Waals surface area contributed by atoms with Gasteiger partial charge in [0.2, 0.25) is 17.7 Å². The van der Waals surface area contributed by atoms with Crippen LogP contribution in [0.1, 0.15) is 55.7 Å². The summed E-state index contributed by atoms with van der Waals surface area (Å²) in [7, 11) is 0. The average Bonchev–Trinajstić information content (AvgIpc) is 3.55. The lowest BCUT2D eigenvalue weighted by Gasteiger charge is -2.23. The maximum atomic E-state index is 13.0. The maximum Gasteiger partial charge on any atom is 0.271 e. The van der Waals surface area contributed by atoms with E-state index < -0.39 is 18.1 Å². The molecule has 3 aliphatic rings. The van der Waals surface area contributed by atoms with Crippen LogP contribution in [0.4, 0.5) is 0 Å². The smallest absolute Gasteiger partial charge is 0.271 e. The minimum atomic E-state index is -0.700. The zero-order valence-electron chi connectivity index (χ0n) is 19.0. The van der Waals surface area contributed by atoms with Crippen LogP contribution in [0, 0.1) is 5.92 Å². The Balaban J connectivity index is 1.66. The number of thioether (sulfide) groups is 1. The first-order valence-electron chi connectivity index (χ1n) is 11.0. The minimum absolute atomic E-state index is 0.107. The summed E-state index contributed by atoms with van der Waals surface area (Å²) in [4.78, 5) is 52.0. The van der Waals surface area contributed by atoms with Gasteiger partial charge in [-0.1, -0.05) is 20.3 Å². The van der Waals surface area contributed by atoms with Crippen LogP contribution in [0.15, 0.2) is 15.4 Å². The molecule has 4 rings (SSSR count). The lowest BCUT2D eigenvalue weighted by atomic mass is 9.99. The molecule has 0 spiro atoms. The Kier molecular flexibility index (Phi) is 7.03. The van der Waals surface area contributed by atoms with Crippen molar-refractivity contribution in [2.45, 2.75) is 64.3 Å². The highest BCUT2D eigenvalue weighted by atomic mass is 32.2. The normalized spacial score (nSPS) is 31.3. The van der Waals surface area contributed by atoms with Gasteiger partial charge < -0.3 is 20.7 Å². The second kappa shape index (κ2) is 9.80. The number of ether oxygens (including phenoxy) is 1. The number of nitrogens with zero attached hydrogens (tertiary/aromatic N) is 3. The number of thiazole rings is 1. The van der Waals surface area contributed by atoms with Crippen molar-refractivity contribution in [2.75, 3.05) is 12.4 Å². The van der Waals surface area contributed by atoms with Gasteiger partial charge in [-0.15, -0.1) is 23.1 Å². The molecule has 12 heteroatoms. The van der Waals surface area contributed by atoms with E-state index in [-0.39, 0.29) is 48.0 Å². The van der Waals surface area contributed by atoms with E-state index in [0.717, 1.165) is 6.42 Å². The van der Waals surface area contributed by atoms with Gasteiger partial charge in [0.15, 0.2) is 6.04 Å². The zero-order chi connectivity index (χ0) is 23.7. The quantitative estimate of drug-likeness (QED) is 0.570. The summed E-state index contributed by atoms with van der Waals surface area (Å²) in [6, 6.07) is -2.43. The van der Waals surface area contributed by atoms with Gasteiger partial charge in [-0.25, -0.2) is 9.98 Å². The Morgan fingerprint density at radius 3 is 2.61 bits per heavy atom. The first-order chi connectivity index (χ1) is 15.8. The summed E-state index contributed by atoms with van der Waals surface area (Å²) in [5.41, 5.74) is 0.268. The molecule has 1 aromatic heterocycles. The molecule has 0 saturated heterocycles. The van der Waals surface area contributed by atoms with Crippen molar-refractivity contribution < 1.29 is 19.1 Å². The predicted molar refractivity (Wildman–Crippen MR) is 128 cm³/mol. The molecule has 0 saturated carbocycles. The monoisotopic (exact) mass is 492 g/mol. The van der Waals surface area contributed by atoms with Gasteiger partial charge in [0.25, 0.3) is 5.91 Å². The van der Waals surface area contributed by atoms with Crippen LogP contribution in [0.3, 0.4) is 0 Å². The van der Waals surface area contributed by atoms with E-state index in [2.05, 4.69) is 30.9 Å². The van der Waals surface area contributed by atoms with Gasteiger partial charge >= 0.3 is 0 Å². The van der Waals surface area contributed by atoms with E-state index in [1.54, 1.807) is 12.3 Å². The third kappa shape index (κ3) is 5.06. The van der Waals surface area contributed by atoms with Crippen LogP contribution >= 0.6 is 23.1 Å². The van der Waals surface area contributed by atoms with Gasteiger partial charge in [-0.3, -0.25) is 19.4 Å². The Morgan fingerprint density at radius 1 is 1.09 bits per heavy atom. The van der Waals surface area contributed by atoms with E-state index in [1.807, 2.05) is 20.8 Å². The van der Waals surface area contributed by atoms with Crippen molar-refractivity contribution >= 4 is 51.8 Å². The Morgan fingerprint density at radius 2 is 1.85 bits per heavy atom. The van der Waals surface area contributed by atoms with Gasteiger partial charge in [0.05, 0.1) is 17.1 Å². The Labute approximate surface area is 200 Å². The van der Waals surface area contributed by atoms with Crippen LogP contribution in [0.2, 0.25) is 0 Å². The predicted octanol–water partition coefficient (Wildman–Crippen LogP) is 1.29. The van der Waals surface area contributed by atoms with Gasteiger partial charge in [0.1, 0.15) is 29.4 Å². The van der Waals surface area contributed by atoms with Crippen molar-refractivity contribution in [1.82, 2.24) is 20.9 Å². The van der Waals surface area contributed by atoms with Crippen LogP contribution in [0.5, 0.6) is 0 Å². The summed E-state index contributed by atoms with van der Waals surface area (Å²) < 4.78 is 5.59. The molecule has 1 aromatic rings. The number of fused-ring (bicyclic) bond motifs is 4. The molecular formula is C21H28N6O4S2. The molecule has 33 heavy (non-hydrogen) atoms. The van der Waals surface area contributed by atoms with Crippen molar-refractivity contribution in [3.8, 4) is 0 Å². The number of hydrogen-bond donors (Lipinski definition) is 3. The number of nitrogens with one attached hydrogen (secondary N) is 3. The molecule has 4 heterocycles. The third-order valence-corrected chi connectivity index (χ3v) is 8.09. The number of aromatic nitrogens is 1. The lowest BCUT2D eigenvalue weighted by Crippen LogP contribution is -2.43. The highest BCUT2D eigenvalue weighted by Gasteiger charge is 2.35. The summed E-state index contributed by atoms with van der Waals surface area (Å²) in [5, 5.41) is 11.9. The molecule has 1 unspecified atom stereocenters. The highest BCUT2D eigenvalue weighted by Crippen LogP contribution is 2.29. The molecular weight excluding hydrogens is 464 g/mol. The standard InChI is InChI=1S/C21H28N6O4S2/c1-5-9(2)15-21-26-13(8-33-21)17(29)22-10(3)19-24-12(6-31-19)16(28)23-11(4)20-25-14(7-32-20)18(30)27-15/h8-12,14-15H,5-7H2,1-4H3,(H,22,29)(H,23,28)(H,27,30)/t9-,10+,11-,12+,14?,15+/m1/s1. The lowest BCUT2D eigenvalue weighted by molar-refractivity contribution is -0.123. The molecule has 3 N–H and O–H groups in total. The van der Waals surface area contributed by atoms with E-state index in [4.69, 9.17) is 4.74 Å². The van der Waals surface area contributed by atoms with Crippen molar-refractivity contribution in [3.63, 3.8) is 0 Å². The molecule has 10 nitrogen and oxygen atoms in total. The number of carbonyl (C=O) groups is 3. The van der Waals surface area contributed by atoms with E-state index >= 15 is 0 Å². The summed E-state index contributed by atoms with van der Waals surface area (Å²) >= 11 is 2.81. The first kappa shape index (κ1) is 23.7. The minimum Gasteiger partial charge on any atom is -0.477 e. The molecule has 0 aromatic carbocycles. The molecule has 3 aliphatic heterocycles. The third-order valence-electron chi connectivity index (χ3n) is 5.93. The fraction of sp³-hybridized carbons (Fsp3) is 0.619. The van der Waals surface area contributed by atoms with Crippen LogP contribution in [-0.2, 0) is 14.3 Å². The summed E-state index contributed by atoms with van der Waals surface area (Å²) in [6.45, 7) is 7.78. The fourth-order valence-corrected chi connectivity index (χ4v) is 5.74. The topological polar surface area (TPSA) is 134 Å². The van der Waals surface area contributed by atoms with Crippen molar-refractivity contribution in [1.29, 1.82) is 0 Å². The van der Waals surface area contributed by atoms with Crippen LogP contribution in [0.25, 0.3) is 0 Å². The first-order valence-corrected chi connectivity index (χ1v) is 12.9. The number of hydrogen-bond acceptors (Lipinski definition) is 9. The average molecular weight is 493 g/mol. The van der Waals surface area contributed by atoms with Gasteiger partial charge in [0, 0.05) is 11.1 Å². The molecule has 3 amide bonds. The largest absolute Gasteiger partial charge is 0.477 e. The van der Waals surface area contributed by atoms with Crippen molar-refractivity contribution in [3.05, 3.63) is 16.1 Å². The molecule has 178 valence electrons. The number of carbonyl (C=O) groups excluding carboxylic acids is 3. The second-order valence-electron chi connectivity index (χ2n) is 8.46. The van der Waals surface area contributed by atoms with Crippen molar-refractivity contribution in [2.24, 2.45) is 15.9 Å². The molecule has 6 atom stereocenters. The van der Waals surface area contributed by atoms with Gasteiger partial charge in [-0.05, 0) is 19.8 Å². The van der Waals surface area contributed by atoms with E-state index in [0.29, 0.717) is 21.7 Å². The second-order valence-corrected chi connectivity index (χ2v) is 10.4. The number of aliphatic imine (C=N–C) groups is 2. The zero-order valence-corrected chi connectivity index (χ0v) is 20.6. The highest BCUT2D eigenvalue weighted by molar-refractivity contribution is 8.14. The van der Waals surface area contributed by atoms with E-state index in [9.17, 15) is 14.4 Å². The van der Waals surface area contributed by atoms with Crippen LogP contribution < -0.4 is 16.0 Å². The number of rotatable bonds is 2. The van der Waals surface area contributed by atoms with Gasteiger partial charge in [-0.2, -0.15) is 0 Å². The number of amides is 3. The molecule has 0 fully saturated rings. The maximum absolute atomic E-state index is 13.0. The summed E-state index contributed by atoms with van der Waals surface area (Å²) in [5.74, 6) is 0.103. The molecule has 0 radical (unpaired) electrons. The Bertz CT molecular complexity index is 1010. The fourth-order valence-electron chi connectivity index (χ4n) is 3.70. The van der Waals surface area contributed by atoms with E-state index in [1.165, 1.54) is 23.1 Å². The summed E-state index contributed by atoms with van der Waals surface area (Å²) in [6.07, 6.45) is 0.832. The Hall–Kier alpha value is -2.47. The SMILES string of the molecule is CC[C@@H](C)[C@@H]1NC(=O)C2CSC(=N2)[C@@H](C)NC(=O)[C@@H]2COC(=N2)[C@H](C)NC(=O)c2csc1n2. The van der Waals surface area contributed by atoms with Crippen LogP contribution in [-0.4, -0.2) is 70.2 Å². The molecule has 0 aliphatic carbocycles.